The Labute approximate surface area is 102 Å². The first-order chi connectivity index (χ1) is 7.67. The van der Waals surface area contributed by atoms with E-state index in [1.807, 2.05) is 6.92 Å². The van der Waals surface area contributed by atoms with Gasteiger partial charge in [-0.25, -0.2) is 0 Å². The molecule has 0 radical (unpaired) electrons. The van der Waals surface area contributed by atoms with Crippen molar-refractivity contribution in [2.75, 3.05) is 24.8 Å². The van der Waals surface area contributed by atoms with Crippen molar-refractivity contribution in [2.45, 2.75) is 17.3 Å². The van der Waals surface area contributed by atoms with Crippen LogP contribution in [-0.4, -0.2) is 41.6 Å². The smallest absolute Gasteiger partial charge is 0.245 e. The highest BCUT2D eigenvalue weighted by Gasteiger charge is 2.15. The van der Waals surface area contributed by atoms with Crippen molar-refractivity contribution >= 4 is 34.1 Å². The third-order valence-corrected chi connectivity index (χ3v) is 3.44. The van der Waals surface area contributed by atoms with Crippen molar-refractivity contribution in [3.05, 3.63) is 0 Å². The number of anilines is 1. The number of hydrogen-bond acceptors (Lipinski definition) is 7. The second-order valence-corrected chi connectivity index (χ2v) is 5.35. The summed E-state index contributed by atoms with van der Waals surface area (Å²) in [5, 5.41) is 10.8. The topological polar surface area (TPSA) is 90.1 Å². The van der Waals surface area contributed by atoms with E-state index in [2.05, 4.69) is 15.5 Å². The highest BCUT2D eigenvalue weighted by molar-refractivity contribution is 8.01. The molecule has 0 bridgehead atoms. The van der Waals surface area contributed by atoms with Crippen molar-refractivity contribution < 1.29 is 9.53 Å². The van der Waals surface area contributed by atoms with E-state index in [1.165, 1.54) is 18.4 Å². The van der Waals surface area contributed by atoms with Crippen LogP contribution in [0.4, 0.5) is 5.13 Å². The zero-order chi connectivity index (χ0) is 12.0. The van der Waals surface area contributed by atoms with Gasteiger partial charge in [0.05, 0.1) is 6.61 Å². The van der Waals surface area contributed by atoms with Gasteiger partial charge in [0.1, 0.15) is 6.04 Å². The van der Waals surface area contributed by atoms with Gasteiger partial charge in [0.2, 0.25) is 11.0 Å². The van der Waals surface area contributed by atoms with Crippen molar-refractivity contribution in [2.24, 2.45) is 5.73 Å². The van der Waals surface area contributed by atoms with Crippen LogP contribution in [-0.2, 0) is 9.53 Å². The van der Waals surface area contributed by atoms with Crippen LogP contribution in [0.25, 0.3) is 0 Å². The molecule has 6 nitrogen and oxygen atoms in total. The predicted molar refractivity (Wildman–Crippen MR) is 64.8 cm³/mol. The lowest BCUT2D eigenvalue weighted by molar-refractivity contribution is -0.118. The van der Waals surface area contributed by atoms with Crippen LogP contribution in [0, 0.1) is 0 Å². The number of ether oxygens (including phenoxy) is 1. The fourth-order valence-corrected chi connectivity index (χ4v) is 2.55. The number of carbonyl (C=O) groups is 1. The molecule has 1 heterocycles. The Morgan fingerprint density at radius 3 is 3.06 bits per heavy atom. The third-order valence-electron chi connectivity index (χ3n) is 1.59. The van der Waals surface area contributed by atoms with Crippen LogP contribution in [0.2, 0.25) is 0 Å². The molecule has 1 rings (SSSR count). The molecule has 0 aromatic carbocycles. The summed E-state index contributed by atoms with van der Waals surface area (Å²) in [4.78, 5) is 11.5. The Kier molecular flexibility index (Phi) is 5.67. The maximum absolute atomic E-state index is 11.5. The lowest BCUT2D eigenvalue weighted by atomic mass is 10.3. The molecule has 8 heteroatoms. The summed E-state index contributed by atoms with van der Waals surface area (Å²) in [5.74, 6) is 0.609. The first-order valence-corrected chi connectivity index (χ1v) is 6.49. The lowest BCUT2D eigenvalue weighted by Gasteiger charge is -2.08. The minimum Gasteiger partial charge on any atom is -0.383 e. The van der Waals surface area contributed by atoms with Gasteiger partial charge in [-0.2, -0.15) is 0 Å². The summed E-state index contributed by atoms with van der Waals surface area (Å²) in [5.41, 5.74) is 5.56. The molecule has 1 amide bonds. The van der Waals surface area contributed by atoms with E-state index in [1.54, 1.807) is 11.8 Å². The van der Waals surface area contributed by atoms with Crippen LogP contribution < -0.4 is 11.1 Å². The fourth-order valence-electron chi connectivity index (χ4n) is 0.895. The highest BCUT2D eigenvalue weighted by atomic mass is 32.2. The summed E-state index contributed by atoms with van der Waals surface area (Å²) in [6.07, 6.45) is 0. The second kappa shape index (κ2) is 6.79. The summed E-state index contributed by atoms with van der Waals surface area (Å²) in [6.45, 7) is 2.21. The summed E-state index contributed by atoms with van der Waals surface area (Å²) >= 11 is 2.91. The molecule has 1 aromatic heterocycles. The van der Waals surface area contributed by atoms with Gasteiger partial charge in [-0.05, 0) is 5.75 Å². The standard InChI is InChI=1S/C8H14N4O2S2/c1-3-15-8-12-11-7(16-8)10-6(13)5(9)4-14-2/h5H,3-4,9H2,1-2H3,(H,10,11,13). The number of methoxy groups -OCH3 is 1. The maximum Gasteiger partial charge on any atom is 0.245 e. The molecule has 0 spiro atoms. The van der Waals surface area contributed by atoms with Gasteiger partial charge < -0.3 is 10.5 Å². The minimum atomic E-state index is -0.684. The van der Waals surface area contributed by atoms with E-state index in [0.29, 0.717) is 5.13 Å². The van der Waals surface area contributed by atoms with Gasteiger partial charge in [-0.15, -0.1) is 10.2 Å². The molecule has 90 valence electrons. The van der Waals surface area contributed by atoms with E-state index in [4.69, 9.17) is 10.5 Å². The molecule has 0 aliphatic heterocycles. The molecule has 1 aromatic rings. The Morgan fingerprint density at radius 1 is 1.69 bits per heavy atom. The van der Waals surface area contributed by atoms with Gasteiger partial charge >= 0.3 is 0 Å². The largest absolute Gasteiger partial charge is 0.383 e. The third kappa shape index (κ3) is 4.05. The zero-order valence-corrected chi connectivity index (χ0v) is 10.7. The highest BCUT2D eigenvalue weighted by Crippen LogP contribution is 2.24. The van der Waals surface area contributed by atoms with Gasteiger partial charge in [0.15, 0.2) is 4.34 Å². The minimum absolute atomic E-state index is 0.182. The van der Waals surface area contributed by atoms with Crippen LogP contribution >= 0.6 is 23.1 Å². The molecule has 0 aliphatic rings. The van der Waals surface area contributed by atoms with E-state index in [-0.39, 0.29) is 12.5 Å². The van der Waals surface area contributed by atoms with Crippen LogP contribution in [0.5, 0.6) is 0 Å². The molecule has 16 heavy (non-hydrogen) atoms. The number of nitrogens with one attached hydrogen (secondary N) is 1. The molecule has 0 aliphatic carbocycles. The Balaban J connectivity index is 2.49. The Bertz CT molecular complexity index is 345. The maximum atomic E-state index is 11.5. The fraction of sp³-hybridized carbons (Fsp3) is 0.625. The van der Waals surface area contributed by atoms with Crippen LogP contribution in [0.15, 0.2) is 4.34 Å². The van der Waals surface area contributed by atoms with Gasteiger partial charge in [-0.3, -0.25) is 10.1 Å². The molecule has 1 atom stereocenters. The molecular weight excluding hydrogens is 248 g/mol. The first kappa shape index (κ1) is 13.4. The average Bonchev–Trinajstić information content (AvgIpc) is 2.66. The van der Waals surface area contributed by atoms with E-state index < -0.39 is 6.04 Å². The number of nitrogens with two attached hydrogens (primary N) is 1. The van der Waals surface area contributed by atoms with Crippen molar-refractivity contribution in [1.82, 2.24) is 10.2 Å². The van der Waals surface area contributed by atoms with Gasteiger partial charge in [-0.1, -0.05) is 30.0 Å². The summed E-state index contributed by atoms with van der Waals surface area (Å²) in [7, 11) is 1.49. The molecule has 3 N–H and O–H groups in total. The van der Waals surface area contributed by atoms with E-state index >= 15 is 0 Å². The van der Waals surface area contributed by atoms with Crippen molar-refractivity contribution in [1.29, 1.82) is 0 Å². The monoisotopic (exact) mass is 262 g/mol. The zero-order valence-electron chi connectivity index (χ0n) is 9.10. The number of nitrogens with zero attached hydrogens (tertiary/aromatic N) is 2. The van der Waals surface area contributed by atoms with Gasteiger partial charge in [0, 0.05) is 7.11 Å². The van der Waals surface area contributed by atoms with Crippen molar-refractivity contribution in [3.8, 4) is 0 Å². The van der Waals surface area contributed by atoms with Crippen LogP contribution in [0.1, 0.15) is 6.92 Å². The van der Waals surface area contributed by atoms with E-state index in [9.17, 15) is 4.79 Å². The number of aromatic nitrogens is 2. The number of hydrogen-bond donors (Lipinski definition) is 2. The molecule has 0 saturated heterocycles. The van der Waals surface area contributed by atoms with Crippen molar-refractivity contribution in [3.63, 3.8) is 0 Å². The number of amides is 1. The predicted octanol–water partition coefficient (Wildman–Crippen LogP) is 0.562. The van der Waals surface area contributed by atoms with Gasteiger partial charge in [0.25, 0.3) is 0 Å². The second-order valence-electron chi connectivity index (χ2n) is 2.86. The lowest BCUT2D eigenvalue weighted by Crippen LogP contribution is -2.39. The Morgan fingerprint density at radius 2 is 2.44 bits per heavy atom. The van der Waals surface area contributed by atoms with Crippen LogP contribution in [0.3, 0.4) is 0 Å². The molecular formula is C8H14N4O2S2. The number of thioether (sulfide) groups is 1. The molecule has 1 unspecified atom stereocenters. The normalized spacial score (nSPS) is 12.4. The molecule has 0 fully saturated rings. The number of rotatable bonds is 6. The van der Waals surface area contributed by atoms with E-state index in [0.717, 1.165) is 10.1 Å². The Hall–Kier alpha value is -0.700. The number of carbonyl (C=O) groups excluding carboxylic acids is 1. The summed E-state index contributed by atoms with van der Waals surface area (Å²) in [6, 6.07) is -0.684. The average molecular weight is 262 g/mol. The first-order valence-electron chi connectivity index (χ1n) is 4.69. The summed E-state index contributed by atoms with van der Waals surface area (Å²) < 4.78 is 5.62. The molecule has 0 saturated carbocycles. The SMILES string of the molecule is CCSc1nnc(NC(=O)C(N)COC)s1. The quantitative estimate of drug-likeness (QED) is 0.575.